The van der Waals surface area contributed by atoms with E-state index in [0.29, 0.717) is 16.5 Å². The maximum absolute atomic E-state index is 12.6. The SMILES string of the molecule is Cc1cc(C)c2cc(C(=O)Nc3cnc(N4CCNCC4)nc3)sc2n1. The Kier molecular flexibility index (Phi) is 4.52. The van der Waals surface area contributed by atoms with Crippen LogP contribution >= 0.6 is 11.3 Å². The van der Waals surface area contributed by atoms with Crippen LogP contribution in [0.5, 0.6) is 0 Å². The Balaban J connectivity index is 1.50. The highest BCUT2D eigenvalue weighted by atomic mass is 32.1. The maximum Gasteiger partial charge on any atom is 0.265 e. The Hall–Kier alpha value is -2.58. The van der Waals surface area contributed by atoms with Crippen LogP contribution < -0.4 is 15.5 Å². The fourth-order valence-corrected chi connectivity index (χ4v) is 4.10. The van der Waals surface area contributed by atoms with Crippen molar-refractivity contribution in [1.82, 2.24) is 20.3 Å². The highest BCUT2D eigenvalue weighted by molar-refractivity contribution is 7.20. The molecule has 0 aliphatic carbocycles. The monoisotopic (exact) mass is 368 g/mol. The topological polar surface area (TPSA) is 83.0 Å². The molecular formula is C18H20N6OS. The fourth-order valence-electron chi connectivity index (χ4n) is 3.05. The van der Waals surface area contributed by atoms with Gasteiger partial charge in [-0.2, -0.15) is 0 Å². The molecule has 0 aromatic carbocycles. The lowest BCUT2D eigenvalue weighted by Crippen LogP contribution is -2.44. The minimum atomic E-state index is -0.163. The van der Waals surface area contributed by atoms with Crippen molar-refractivity contribution in [2.75, 3.05) is 36.4 Å². The molecule has 134 valence electrons. The van der Waals surface area contributed by atoms with Gasteiger partial charge in [-0.15, -0.1) is 11.3 Å². The predicted octanol–water partition coefficient (Wildman–Crippen LogP) is 2.37. The molecule has 0 spiro atoms. The third-order valence-electron chi connectivity index (χ3n) is 4.36. The number of aryl methyl sites for hydroxylation is 2. The van der Waals surface area contributed by atoms with Gasteiger partial charge in [0.2, 0.25) is 5.95 Å². The Morgan fingerprint density at radius 3 is 2.65 bits per heavy atom. The second-order valence-corrected chi connectivity index (χ2v) is 7.40. The van der Waals surface area contributed by atoms with Crippen molar-refractivity contribution in [1.29, 1.82) is 0 Å². The Morgan fingerprint density at radius 2 is 1.92 bits per heavy atom. The van der Waals surface area contributed by atoms with Crippen LogP contribution in [0.2, 0.25) is 0 Å². The third-order valence-corrected chi connectivity index (χ3v) is 5.39. The number of piperazine rings is 1. The van der Waals surface area contributed by atoms with E-state index >= 15 is 0 Å². The van der Waals surface area contributed by atoms with Gasteiger partial charge in [-0.3, -0.25) is 4.79 Å². The summed E-state index contributed by atoms with van der Waals surface area (Å²) >= 11 is 1.40. The van der Waals surface area contributed by atoms with Gasteiger partial charge in [0.15, 0.2) is 0 Å². The number of carbonyl (C=O) groups excluding carboxylic acids is 1. The molecule has 2 N–H and O–H groups in total. The van der Waals surface area contributed by atoms with Crippen LogP contribution in [0.1, 0.15) is 20.9 Å². The molecule has 0 bridgehead atoms. The fraction of sp³-hybridized carbons (Fsp3) is 0.333. The summed E-state index contributed by atoms with van der Waals surface area (Å²) in [5.41, 5.74) is 2.68. The number of hydrogen-bond donors (Lipinski definition) is 2. The third kappa shape index (κ3) is 3.38. The molecule has 0 radical (unpaired) electrons. The Morgan fingerprint density at radius 1 is 1.19 bits per heavy atom. The smallest absolute Gasteiger partial charge is 0.265 e. The first-order valence-electron chi connectivity index (χ1n) is 8.57. The van der Waals surface area contributed by atoms with E-state index in [2.05, 4.69) is 30.5 Å². The summed E-state index contributed by atoms with van der Waals surface area (Å²) in [5, 5.41) is 7.20. The molecule has 0 atom stereocenters. The largest absolute Gasteiger partial charge is 0.338 e. The maximum atomic E-state index is 12.6. The molecular weight excluding hydrogens is 348 g/mol. The molecule has 3 aromatic rings. The molecule has 3 aromatic heterocycles. The van der Waals surface area contributed by atoms with Gasteiger partial charge in [-0.1, -0.05) is 0 Å². The van der Waals surface area contributed by atoms with E-state index in [1.807, 2.05) is 26.0 Å². The van der Waals surface area contributed by atoms with Gasteiger partial charge in [0.05, 0.1) is 23.0 Å². The van der Waals surface area contributed by atoms with E-state index in [1.54, 1.807) is 12.4 Å². The molecule has 26 heavy (non-hydrogen) atoms. The lowest BCUT2D eigenvalue weighted by atomic mass is 10.2. The first-order chi connectivity index (χ1) is 12.6. The molecule has 7 nitrogen and oxygen atoms in total. The Labute approximate surface area is 155 Å². The summed E-state index contributed by atoms with van der Waals surface area (Å²) in [4.78, 5) is 29.5. The zero-order valence-corrected chi connectivity index (χ0v) is 15.6. The second-order valence-electron chi connectivity index (χ2n) is 6.37. The zero-order chi connectivity index (χ0) is 18.1. The molecule has 1 aliphatic rings. The molecule has 4 rings (SSSR count). The van der Waals surface area contributed by atoms with E-state index < -0.39 is 0 Å². The number of nitrogens with zero attached hydrogens (tertiary/aromatic N) is 4. The molecule has 4 heterocycles. The van der Waals surface area contributed by atoms with E-state index in [0.717, 1.165) is 47.7 Å². The number of rotatable bonds is 3. The number of hydrogen-bond acceptors (Lipinski definition) is 7. The van der Waals surface area contributed by atoms with Crippen molar-refractivity contribution < 1.29 is 4.79 Å². The molecule has 1 aliphatic heterocycles. The van der Waals surface area contributed by atoms with Crippen LogP contribution in [0.3, 0.4) is 0 Å². The van der Waals surface area contributed by atoms with Crippen LogP contribution in [0.4, 0.5) is 11.6 Å². The summed E-state index contributed by atoms with van der Waals surface area (Å²) in [5.74, 6) is 0.533. The second kappa shape index (κ2) is 6.97. The van der Waals surface area contributed by atoms with Crippen molar-refractivity contribution in [2.24, 2.45) is 0 Å². The van der Waals surface area contributed by atoms with Gasteiger partial charge < -0.3 is 15.5 Å². The van der Waals surface area contributed by atoms with E-state index in [4.69, 9.17) is 0 Å². The van der Waals surface area contributed by atoms with E-state index in [1.165, 1.54) is 11.3 Å². The first kappa shape index (κ1) is 16.9. The van der Waals surface area contributed by atoms with Crippen molar-refractivity contribution in [3.8, 4) is 0 Å². The highest BCUT2D eigenvalue weighted by Crippen LogP contribution is 2.27. The van der Waals surface area contributed by atoms with Crippen molar-refractivity contribution in [2.45, 2.75) is 13.8 Å². The van der Waals surface area contributed by atoms with Gasteiger partial charge in [-0.25, -0.2) is 15.0 Å². The normalized spacial score (nSPS) is 14.6. The van der Waals surface area contributed by atoms with Gasteiger partial charge >= 0.3 is 0 Å². The number of pyridine rings is 1. The Bertz CT molecular complexity index is 946. The zero-order valence-electron chi connectivity index (χ0n) is 14.7. The minimum absolute atomic E-state index is 0.163. The summed E-state index contributed by atoms with van der Waals surface area (Å²) in [6.45, 7) is 7.64. The molecule has 1 amide bonds. The number of anilines is 2. The molecule has 0 unspecified atom stereocenters. The molecule has 1 fully saturated rings. The van der Waals surface area contributed by atoms with Crippen molar-refractivity contribution in [3.05, 3.63) is 40.7 Å². The number of fused-ring (bicyclic) bond motifs is 1. The summed E-state index contributed by atoms with van der Waals surface area (Å²) in [6.07, 6.45) is 3.31. The number of thiophene rings is 1. The molecule has 0 saturated carbocycles. The van der Waals surface area contributed by atoms with Crippen molar-refractivity contribution in [3.63, 3.8) is 0 Å². The van der Waals surface area contributed by atoms with Gasteiger partial charge in [0.1, 0.15) is 4.83 Å². The van der Waals surface area contributed by atoms with Gasteiger partial charge in [0.25, 0.3) is 5.91 Å². The predicted molar refractivity (Wildman–Crippen MR) is 104 cm³/mol. The van der Waals surface area contributed by atoms with E-state index in [-0.39, 0.29) is 5.91 Å². The standard InChI is InChI=1S/C18H20N6OS/c1-11-7-12(2)22-17-14(11)8-15(26-17)16(25)23-13-9-20-18(21-10-13)24-5-3-19-4-6-24/h7-10,19H,3-6H2,1-2H3,(H,23,25). The minimum Gasteiger partial charge on any atom is -0.338 e. The molecule has 8 heteroatoms. The van der Waals surface area contributed by atoms with Gasteiger partial charge in [0, 0.05) is 37.3 Å². The quantitative estimate of drug-likeness (QED) is 0.738. The van der Waals surface area contributed by atoms with Gasteiger partial charge in [-0.05, 0) is 31.5 Å². The first-order valence-corrected chi connectivity index (χ1v) is 9.38. The van der Waals surface area contributed by atoms with Crippen LogP contribution in [-0.2, 0) is 0 Å². The number of aromatic nitrogens is 3. The van der Waals surface area contributed by atoms with Crippen molar-refractivity contribution >= 4 is 39.1 Å². The molecule has 1 saturated heterocycles. The number of nitrogens with one attached hydrogen (secondary N) is 2. The van der Waals surface area contributed by atoms with Crippen LogP contribution in [0.15, 0.2) is 24.5 Å². The summed E-state index contributed by atoms with van der Waals surface area (Å²) in [7, 11) is 0. The average Bonchev–Trinajstić information content (AvgIpc) is 3.08. The lowest BCUT2D eigenvalue weighted by Gasteiger charge is -2.27. The number of amides is 1. The number of carbonyl (C=O) groups is 1. The summed E-state index contributed by atoms with van der Waals surface area (Å²) in [6, 6.07) is 3.92. The van der Waals surface area contributed by atoms with Crippen LogP contribution in [-0.4, -0.2) is 47.0 Å². The highest BCUT2D eigenvalue weighted by Gasteiger charge is 2.15. The van der Waals surface area contributed by atoms with Crippen LogP contribution in [0, 0.1) is 13.8 Å². The average molecular weight is 368 g/mol. The lowest BCUT2D eigenvalue weighted by molar-refractivity contribution is 0.103. The van der Waals surface area contributed by atoms with E-state index in [9.17, 15) is 4.79 Å². The summed E-state index contributed by atoms with van der Waals surface area (Å²) < 4.78 is 0. The van der Waals surface area contributed by atoms with Crippen LogP contribution in [0.25, 0.3) is 10.2 Å².